The van der Waals surface area contributed by atoms with Crippen molar-refractivity contribution in [3.8, 4) is 0 Å². The van der Waals surface area contributed by atoms with Crippen LogP contribution in [0.15, 0.2) is 24.3 Å². The predicted molar refractivity (Wildman–Crippen MR) is 85.5 cm³/mol. The summed E-state index contributed by atoms with van der Waals surface area (Å²) in [5.74, 6) is 1.17. The standard InChI is InChI=1S/C17H25N3O/c1-3-10-20-15-8-5-4-7-13(15)19-17(20)12-14(18-2)16-9-6-11-21-16/h4-5,7-8,14,16,18H,3,6,9-12H2,1-2H3. The van der Waals surface area contributed by atoms with Gasteiger partial charge in [0, 0.05) is 25.6 Å². The number of ether oxygens (including phenoxy) is 1. The molecule has 0 bridgehead atoms. The van der Waals surface area contributed by atoms with E-state index >= 15 is 0 Å². The van der Waals surface area contributed by atoms with Gasteiger partial charge < -0.3 is 14.6 Å². The SMILES string of the molecule is CCCn1c(CC(NC)C2CCCO2)nc2ccccc21. The van der Waals surface area contributed by atoms with Crippen LogP contribution in [0, 0.1) is 0 Å². The molecule has 4 nitrogen and oxygen atoms in total. The fourth-order valence-electron chi connectivity index (χ4n) is 3.29. The Morgan fingerprint density at radius 1 is 1.43 bits per heavy atom. The molecule has 1 aromatic heterocycles. The van der Waals surface area contributed by atoms with Gasteiger partial charge in [-0.05, 0) is 38.4 Å². The molecule has 1 N–H and O–H groups in total. The first-order valence-corrected chi connectivity index (χ1v) is 8.06. The first-order valence-electron chi connectivity index (χ1n) is 8.06. The normalized spacial score (nSPS) is 20.2. The highest BCUT2D eigenvalue weighted by molar-refractivity contribution is 5.75. The first kappa shape index (κ1) is 14.5. The molecule has 0 aliphatic carbocycles. The summed E-state index contributed by atoms with van der Waals surface area (Å²) in [5.41, 5.74) is 2.35. The molecule has 0 radical (unpaired) electrons. The van der Waals surface area contributed by atoms with Gasteiger partial charge in [-0.2, -0.15) is 0 Å². The van der Waals surface area contributed by atoms with Crippen LogP contribution in [0.5, 0.6) is 0 Å². The fraction of sp³-hybridized carbons (Fsp3) is 0.588. The summed E-state index contributed by atoms with van der Waals surface area (Å²) in [5, 5.41) is 3.43. The van der Waals surface area contributed by atoms with E-state index in [0.717, 1.165) is 37.9 Å². The van der Waals surface area contributed by atoms with Crippen molar-refractivity contribution < 1.29 is 4.74 Å². The van der Waals surface area contributed by atoms with E-state index in [-0.39, 0.29) is 0 Å². The number of hydrogen-bond donors (Lipinski definition) is 1. The van der Waals surface area contributed by atoms with Gasteiger partial charge in [0.15, 0.2) is 0 Å². The van der Waals surface area contributed by atoms with Crippen molar-refractivity contribution in [2.45, 2.75) is 51.3 Å². The molecule has 1 aliphatic rings. The van der Waals surface area contributed by atoms with Gasteiger partial charge in [-0.15, -0.1) is 0 Å². The number of para-hydroxylation sites is 2. The van der Waals surface area contributed by atoms with Gasteiger partial charge in [-0.1, -0.05) is 19.1 Å². The Hall–Kier alpha value is -1.39. The number of aryl methyl sites for hydroxylation is 1. The molecule has 2 heterocycles. The highest BCUT2D eigenvalue weighted by atomic mass is 16.5. The van der Waals surface area contributed by atoms with Crippen LogP contribution in [-0.2, 0) is 17.7 Å². The Morgan fingerprint density at radius 2 is 2.29 bits per heavy atom. The number of benzene rings is 1. The lowest BCUT2D eigenvalue weighted by Crippen LogP contribution is -2.39. The van der Waals surface area contributed by atoms with Crippen molar-refractivity contribution in [3.05, 3.63) is 30.1 Å². The van der Waals surface area contributed by atoms with Crippen molar-refractivity contribution in [3.63, 3.8) is 0 Å². The second kappa shape index (κ2) is 6.58. The van der Waals surface area contributed by atoms with E-state index < -0.39 is 0 Å². The van der Waals surface area contributed by atoms with Crippen molar-refractivity contribution in [1.29, 1.82) is 0 Å². The fourth-order valence-corrected chi connectivity index (χ4v) is 3.29. The van der Waals surface area contributed by atoms with E-state index in [4.69, 9.17) is 9.72 Å². The Kier molecular flexibility index (Phi) is 4.56. The number of hydrogen-bond acceptors (Lipinski definition) is 3. The molecule has 0 spiro atoms. The van der Waals surface area contributed by atoms with Crippen molar-refractivity contribution in [2.75, 3.05) is 13.7 Å². The molecule has 1 saturated heterocycles. The number of nitrogens with one attached hydrogen (secondary N) is 1. The molecule has 0 amide bonds. The summed E-state index contributed by atoms with van der Waals surface area (Å²) in [4.78, 5) is 4.86. The molecule has 2 aromatic rings. The van der Waals surface area contributed by atoms with Crippen LogP contribution in [0.3, 0.4) is 0 Å². The second-order valence-corrected chi connectivity index (χ2v) is 5.82. The molecule has 114 valence electrons. The maximum atomic E-state index is 5.85. The third kappa shape index (κ3) is 2.97. The molecule has 21 heavy (non-hydrogen) atoms. The van der Waals surface area contributed by atoms with Crippen LogP contribution in [0.25, 0.3) is 11.0 Å². The van der Waals surface area contributed by atoms with E-state index in [1.807, 2.05) is 7.05 Å². The lowest BCUT2D eigenvalue weighted by Gasteiger charge is -2.22. The van der Waals surface area contributed by atoms with E-state index in [9.17, 15) is 0 Å². The molecule has 0 saturated carbocycles. The zero-order chi connectivity index (χ0) is 14.7. The van der Waals surface area contributed by atoms with E-state index in [1.165, 1.54) is 17.8 Å². The summed E-state index contributed by atoms with van der Waals surface area (Å²) < 4.78 is 8.22. The van der Waals surface area contributed by atoms with Crippen molar-refractivity contribution >= 4 is 11.0 Å². The van der Waals surface area contributed by atoms with Gasteiger partial charge in [-0.3, -0.25) is 0 Å². The van der Waals surface area contributed by atoms with Gasteiger partial charge in [-0.25, -0.2) is 4.98 Å². The first-order chi connectivity index (χ1) is 10.3. The van der Waals surface area contributed by atoms with Crippen LogP contribution < -0.4 is 5.32 Å². The smallest absolute Gasteiger partial charge is 0.111 e. The highest BCUT2D eigenvalue weighted by Gasteiger charge is 2.26. The van der Waals surface area contributed by atoms with Crippen LogP contribution >= 0.6 is 0 Å². The Balaban J connectivity index is 1.89. The minimum Gasteiger partial charge on any atom is -0.377 e. The zero-order valence-electron chi connectivity index (χ0n) is 13.0. The summed E-state index contributed by atoms with van der Waals surface area (Å²) in [6, 6.07) is 8.77. The summed E-state index contributed by atoms with van der Waals surface area (Å²) in [6.07, 6.45) is 4.70. The quantitative estimate of drug-likeness (QED) is 0.888. The van der Waals surface area contributed by atoms with Crippen LogP contribution in [-0.4, -0.2) is 35.4 Å². The minimum atomic E-state index is 0.324. The monoisotopic (exact) mass is 287 g/mol. The second-order valence-electron chi connectivity index (χ2n) is 5.82. The van der Waals surface area contributed by atoms with Crippen molar-refractivity contribution in [1.82, 2.24) is 14.9 Å². The molecule has 2 atom stereocenters. The third-order valence-corrected chi connectivity index (χ3v) is 4.37. The molecule has 2 unspecified atom stereocenters. The predicted octanol–water partition coefficient (Wildman–Crippen LogP) is 2.76. The zero-order valence-corrected chi connectivity index (χ0v) is 13.0. The van der Waals surface area contributed by atoms with Gasteiger partial charge in [0.2, 0.25) is 0 Å². The third-order valence-electron chi connectivity index (χ3n) is 4.37. The molecule has 1 aliphatic heterocycles. The largest absolute Gasteiger partial charge is 0.377 e. The molecule has 1 fully saturated rings. The molecular weight excluding hydrogens is 262 g/mol. The molecule has 4 heteroatoms. The topological polar surface area (TPSA) is 39.1 Å². The number of imidazole rings is 1. The van der Waals surface area contributed by atoms with E-state index in [2.05, 4.69) is 41.1 Å². The van der Waals surface area contributed by atoms with Crippen LogP contribution in [0.1, 0.15) is 32.0 Å². The molecule has 3 rings (SSSR count). The lowest BCUT2D eigenvalue weighted by atomic mass is 10.0. The van der Waals surface area contributed by atoms with Gasteiger partial charge >= 0.3 is 0 Å². The highest BCUT2D eigenvalue weighted by Crippen LogP contribution is 2.21. The van der Waals surface area contributed by atoms with Gasteiger partial charge in [0.25, 0.3) is 0 Å². The summed E-state index contributed by atoms with van der Waals surface area (Å²) in [7, 11) is 2.03. The number of rotatable bonds is 6. The summed E-state index contributed by atoms with van der Waals surface area (Å²) in [6.45, 7) is 4.14. The summed E-state index contributed by atoms with van der Waals surface area (Å²) >= 11 is 0. The van der Waals surface area contributed by atoms with Crippen LogP contribution in [0.4, 0.5) is 0 Å². The lowest BCUT2D eigenvalue weighted by molar-refractivity contribution is 0.0800. The van der Waals surface area contributed by atoms with Gasteiger partial charge in [0.05, 0.1) is 17.1 Å². The Labute approximate surface area is 126 Å². The van der Waals surface area contributed by atoms with Gasteiger partial charge in [0.1, 0.15) is 5.82 Å². The Morgan fingerprint density at radius 3 is 3.00 bits per heavy atom. The number of nitrogens with zero attached hydrogens (tertiary/aromatic N) is 2. The molecule has 1 aromatic carbocycles. The maximum absolute atomic E-state index is 5.85. The average molecular weight is 287 g/mol. The Bertz CT molecular complexity index is 587. The van der Waals surface area contributed by atoms with Crippen LogP contribution in [0.2, 0.25) is 0 Å². The molecular formula is C17H25N3O. The van der Waals surface area contributed by atoms with Crippen molar-refractivity contribution in [2.24, 2.45) is 0 Å². The number of fused-ring (bicyclic) bond motifs is 1. The van der Waals surface area contributed by atoms with E-state index in [1.54, 1.807) is 0 Å². The minimum absolute atomic E-state index is 0.324. The van der Waals surface area contributed by atoms with E-state index in [0.29, 0.717) is 12.1 Å². The average Bonchev–Trinajstić information content (AvgIpc) is 3.14. The number of likely N-dealkylation sites (N-methyl/N-ethyl adjacent to an activating group) is 1. The maximum Gasteiger partial charge on any atom is 0.111 e. The number of aromatic nitrogens is 2.